The molecule has 0 aliphatic carbocycles. The number of aryl methyl sites for hydroxylation is 1. The Morgan fingerprint density at radius 1 is 1.04 bits per heavy atom. The number of carbonyl (C=O) groups is 2. The van der Waals surface area contributed by atoms with Crippen molar-refractivity contribution in [1.29, 1.82) is 0 Å². The van der Waals surface area contributed by atoms with Crippen molar-refractivity contribution in [2.45, 2.75) is 44.9 Å². The third-order valence-electron chi connectivity index (χ3n) is 8.28. The van der Waals surface area contributed by atoms with Crippen LogP contribution in [0.2, 0.25) is 0 Å². The van der Waals surface area contributed by atoms with E-state index in [0.29, 0.717) is 41.8 Å². The number of benzene rings is 3. The van der Waals surface area contributed by atoms with Crippen LogP contribution in [0, 0.1) is 12.7 Å². The monoisotopic (exact) mass is 614 g/mol. The fourth-order valence-corrected chi connectivity index (χ4v) is 5.90. The van der Waals surface area contributed by atoms with E-state index >= 15 is 4.39 Å². The van der Waals surface area contributed by atoms with Crippen molar-refractivity contribution in [2.24, 2.45) is 0 Å². The predicted octanol–water partition coefficient (Wildman–Crippen LogP) is 5.62. The van der Waals surface area contributed by atoms with Gasteiger partial charge in [-0.25, -0.2) is 9.18 Å². The summed E-state index contributed by atoms with van der Waals surface area (Å²) in [5.41, 5.74) is 3.49. The zero-order valence-electron chi connectivity index (χ0n) is 25.3. The summed E-state index contributed by atoms with van der Waals surface area (Å²) in [6, 6.07) is 14.8. The minimum absolute atomic E-state index is 0.00253. The maximum Gasteiger partial charge on any atom is 0.411 e. The number of hydrogen-bond acceptors (Lipinski definition) is 7. The lowest BCUT2D eigenvalue weighted by molar-refractivity contribution is -0.131. The topological polar surface area (TPSA) is 122 Å². The summed E-state index contributed by atoms with van der Waals surface area (Å²) in [5, 5.41) is 7.23. The molecule has 2 amide bonds. The first-order chi connectivity index (χ1) is 21.7. The van der Waals surface area contributed by atoms with E-state index in [4.69, 9.17) is 14.2 Å². The molecule has 45 heavy (non-hydrogen) atoms. The van der Waals surface area contributed by atoms with Gasteiger partial charge in [-0.15, -0.1) is 0 Å². The average Bonchev–Trinajstić information content (AvgIpc) is 3.53. The summed E-state index contributed by atoms with van der Waals surface area (Å²) < 4.78 is 32.5. The van der Waals surface area contributed by atoms with E-state index in [-0.39, 0.29) is 48.1 Å². The molecule has 3 N–H and O–H groups in total. The molecule has 1 aromatic heterocycles. The van der Waals surface area contributed by atoms with Crippen molar-refractivity contribution in [1.82, 2.24) is 9.88 Å². The van der Waals surface area contributed by atoms with Crippen molar-refractivity contribution in [3.05, 3.63) is 99.2 Å². The second-order valence-corrected chi connectivity index (χ2v) is 11.7. The van der Waals surface area contributed by atoms with Crippen LogP contribution in [-0.2, 0) is 20.8 Å². The highest BCUT2D eigenvalue weighted by Crippen LogP contribution is 2.33. The van der Waals surface area contributed by atoms with Gasteiger partial charge >= 0.3 is 6.09 Å². The average molecular weight is 615 g/mol. The van der Waals surface area contributed by atoms with Crippen LogP contribution < -0.4 is 20.9 Å². The molecule has 11 heteroatoms. The summed E-state index contributed by atoms with van der Waals surface area (Å²) in [6.07, 6.45) is 1.15. The molecule has 3 aromatic carbocycles. The van der Waals surface area contributed by atoms with E-state index in [9.17, 15) is 14.4 Å². The van der Waals surface area contributed by atoms with Gasteiger partial charge in [0.25, 0.3) is 5.56 Å². The lowest BCUT2D eigenvalue weighted by Crippen LogP contribution is -2.35. The van der Waals surface area contributed by atoms with E-state index in [0.717, 1.165) is 16.5 Å². The molecule has 1 saturated heterocycles. The fraction of sp³-hybridized carbons (Fsp3) is 0.324. The number of aromatic nitrogens is 1. The number of hydrogen-bond donors (Lipinski definition) is 3. The molecule has 3 aliphatic heterocycles. The third-order valence-corrected chi connectivity index (χ3v) is 8.28. The van der Waals surface area contributed by atoms with Crippen LogP contribution in [0.3, 0.4) is 0 Å². The number of pyridine rings is 1. The summed E-state index contributed by atoms with van der Waals surface area (Å²) in [5.74, 6) is -1.12. The quantitative estimate of drug-likeness (QED) is 0.273. The molecule has 4 bridgehead atoms. The first-order valence-electron chi connectivity index (χ1n) is 14.9. The number of nitrogens with zero attached hydrogens (tertiary/aromatic N) is 1. The number of rotatable bonds is 4. The Hall–Kier alpha value is -4.90. The Labute approximate surface area is 259 Å². The number of ether oxygens (including phenoxy) is 3. The van der Waals surface area contributed by atoms with E-state index in [1.165, 1.54) is 11.0 Å². The van der Waals surface area contributed by atoms with Gasteiger partial charge in [0.15, 0.2) is 11.6 Å². The molecule has 0 saturated carbocycles. The van der Waals surface area contributed by atoms with Crippen LogP contribution in [-0.4, -0.2) is 54.9 Å². The maximum absolute atomic E-state index is 15.6. The van der Waals surface area contributed by atoms with Gasteiger partial charge in [-0.2, -0.15) is 0 Å². The van der Waals surface area contributed by atoms with Crippen LogP contribution in [0.4, 0.5) is 20.6 Å². The Kier molecular flexibility index (Phi) is 8.44. The molecule has 0 radical (unpaired) electrons. The van der Waals surface area contributed by atoms with Crippen LogP contribution in [0.25, 0.3) is 10.8 Å². The van der Waals surface area contributed by atoms with Gasteiger partial charge in [-0.05, 0) is 53.3 Å². The lowest BCUT2D eigenvalue weighted by Gasteiger charge is -2.28. The number of H-pyrrole nitrogens is 1. The predicted molar refractivity (Wildman–Crippen MR) is 168 cm³/mol. The zero-order valence-corrected chi connectivity index (χ0v) is 25.3. The van der Waals surface area contributed by atoms with Gasteiger partial charge in [0.05, 0.1) is 19.8 Å². The molecular formula is C34H35FN4O6. The van der Waals surface area contributed by atoms with Crippen molar-refractivity contribution in [3.8, 4) is 5.75 Å². The standard InChI is InChI=1S/C34H35FN4O6/c1-19-12-22-5-7-27(19)20(2)17-44-34(42)38-25-13-23(31(29(35)15-25)45-26-9-11-43-18-26)16-39(3)33(41)30(22)37-24-6-4-21-8-10-36-32(40)28(21)14-24/h4-8,10,12-15,20,26,30,37H,9,11,16-18H2,1-3H3,(H,36,40)(H,38,42)/t20-,26?,30+/m0/s1. The van der Waals surface area contributed by atoms with Crippen molar-refractivity contribution < 1.29 is 28.2 Å². The minimum atomic E-state index is -0.845. The Morgan fingerprint density at radius 2 is 1.89 bits per heavy atom. The van der Waals surface area contributed by atoms with Gasteiger partial charge in [-0.1, -0.05) is 31.2 Å². The summed E-state index contributed by atoms with van der Waals surface area (Å²) in [4.78, 5) is 43.7. The summed E-state index contributed by atoms with van der Waals surface area (Å²) in [7, 11) is 1.63. The van der Waals surface area contributed by atoms with Gasteiger partial charge < -0.3 is 29.4 Å². The van der Waals surface area contributed by atoms with E-state index in [1.807, 2.05) is 50.2 Å². The van der Waals surface area contributed by atoms with Gasteiger partial charge in [0.2, 0.25) is 5.91 Å². The first kappa shape index (κ1) is 30.1. The SMILES string of the molecule is Cc1cc2ccc1[C@@H](C)COC(=O)Nc1cc(F)c(OC3CCOC3)c(c1)CN(C)C(=O)[C@@H]2Nc1ccc2cc[nH]c(=O)c2c1. The van der Waals surface area contributed by atoms with Crippen LogP contribution in [0.1, 0.15) is 47.6 Å². The Bertz CT molecular complexity index is 1820. The number of amides is 2. The van der Waals surface area contributed by atoms with Gasteiger partial charge in [0.1, 0.15) is 12.1 Å². The molecule has 0 spiro atoms. The number of likely N-dealkylation sites (N-methyl/N-ethyl adjacent to an activating group) is 1. The Morgan fingerprint density at radius 3 is 2.67 bits per heavy atom. The second kappa shape index (κ2) is 12.6. The molecule has 4 heterocycles. The molecule has 7 rings (SSSR count). The molecule has 1 fully saturated rings. The zero-order chi connectivity index (χ0) is 31.7. The Balaban J connectivity index is 1.41. The van der Waals surface area contributed by atoms with E-state index < -0.39 is 18.0 Å². The summed E-state index contributed by atoms with van der Waals surface area (Å²) in [6.45, 7) is 4.80. The molecular weight excluding hydrogens is 579 g/mol. The highest BCUT2D eigenvalue weighted by Gasteiger charge is 2.28. The van der Waals surface area contributed by atoms with Crippen molar-refractivity contribution >= 4 is 34.1 Å². The second-order valence-electron chi connectivity index (χ2n) is 11.7. The lowest BCUT2D eigenvalue weighted by atomic mass is 9.93. The van der Waals surface area contributed by atoms with E-state index in [2.05, 4.69) is 15.6 Å². The molecule has 234 valence electrons. The number of nitrogens with one attached hydrogen (secondary N) is 3. The highest BCUT2D eigenvalue weighted by molar-refractivity contribution is 5.89. The number of anilines is 2. The van der Waals surface area contributed by atoms with Crippen molar-refractivity contribution in [2.75, 3.05) is 37.5 Å². The maximum atomic E-state index is 15.6. The number of halogens is 1. The number of fused-ring (bicyclic) bond motifs is 10. The highest BCUT2D eigenvalue weighted by atomic mass is 19.1. The van der Waals surface area contributed by atoms with E-state index in [1.54, 1.807) is 25.4 Å². The fourth-order valence-electron chi connectivity index (χ4n) is 5.90. The van der Waals surface area contributed by atoms with Gasteiger partial charge in [0, 0.05) is 60.5 Å². The molecule has 3 atom stereocenters. The molecule has 4 aromatic rings. The number of aromatic amines is 1. The molecule has 1 unspecified atom stereocenters. The largest absolute Gasteiger partial charge is 0.484 e. The van der Waals surface area contributed by atoms with Crippen LogP contribution >= 0.6 is 0 Å². The first-order valence-corrected chi connectivity index (χ1v) is 14.9. The van der Waals surface area contributed by atoms with Crippen LogP contribution in [0.15, 0.2) is 65.6 Å². The third kappa shape index (κ3) is 6.48. The van der Waals surface area contributed by atoms with Crippen LogP contribution in [0.5, 0.6) is 5.75 Å². The van der Waals surface area contributed by atoms with Gasteiger partial charge in [-0.3, -0.25) is 14.9 Å². The summed E-state index contributed by atoms with van der Waals surface area (Å²) >= 11 is 0. The molecule has 3 aliphatic rings. The normalized spacial score (nSPS) is 20.6. The number of carbonyl (C=O) groups excluding carboxylic acids is 2. The van der Waals surface area contributed by atoms with Crippen molar-refractivity contribution in [3.63, 3.8) is 0 Å². The smallest absolute Gasteiger partial charge is 0.411 e. The minimum Gasteiger partial charge on any atom is -0.484 e. The molecule has 10 nitrogen and oxygen atoms in total.